The summed E-state index contributed by atoms with van der Waals surface area (Å²) in [5, 5.41) is 0.799. The molecule has 30 heavy (non-hydrogen) atoms. The highest BCUT2D eigenvalue weighted by atomic mass is 35.5. The van der Waals surface area contributed by atoms with Crippen molar-refractivity contribution in [1.82, 2.24) is 0 Å². The van der Waals surface area contributed by atoms with Crippen LogP contribution in [0.2, 0.25) is 5.02 Å². The van der Waals surface area contributed by atoms with E-state index in [1.165, 1.54) is 47.9 Å². The molecule has 2 bridgehead atoms. The molecule has 3 aromatic carbocycles. The molecule has 2 fully saturated rings. The van der Waals surface area contributed by atoms with Gasteiger partial charge in [-0.15, -0.1) is 0 Å². The largest absolute Gasteiger partial charge is 0.0843 e. The highest BCUT2D eigenvalue weighted by molar-refractivity contribution is 6.30. The Labute approximate surface area is 185 Å². The fourth-order valence-electron chi connectivity index (χ4n) is 7.57. The van der Waals surface area contributed by atoms with Crippen LogP contribution in [-0.2, 0) is 5.41 Å². The molecule has 0 heterocycles. The molecular weight excluding hydrogens is 384 g/mol. The van der Waals surface area contributed by atoms with Crippen LogP contribution >= 0.6 is 11.6 Å². The Kier molecular flexibility index (Phi) is 4.19. The van der Waals surface area contributed by atoms with E-state index < -0.39 is 0 Å². The number of benzene rings is 3. The highest BCUT2D eigenvalue weighted by Gasteiger charge is 2.56. The Morgan fingerprint density at radius 3 is 2.40 bits per heavy atom. The van der Waals surface area contributed by atoms with Gasteiger partial charge in [0.25, 0.3) is 0 Å². The summed E-state index contributed by atoms with van der Waals surface area (Å²) >= 11 is 6.30. The standard InChI is InChI=1S/C29H29Cl/c1-18-12-20-14-19(2)29(23(13-18)15-20)27-9-4-3-8-25(27)26-17-22(10-11-28(26)29)21-6-5-7-24(30)16-21/h3-11,16-20,23H,12-15H2,1-2H3. The third-order valence-corrected chi connectivity index (χ3v) is 8.67. The van der Waals surface area contributed by atoms with Gasteiger partial charge in [-0.3, -0.25) is 0 Å². The molecular formula is C29H29Cl. The minimum Gasteiger partial charge on any atom is -0.0843 e. The molecule has 0 radical (unpaired) electrons. The van der Waals surface area contributed by atoms with Gasteiger partial charge in [0.15, 0.2) is 0 Å². The number of hydrogen-bond acceptors (Lipinski definition) is 0. The minimum absolute atomic E-state index is 0.184. The van der Waals surface area contributed by atoms with Crippen LogP contribution in [0.15, 0.2) is 66.7 Å². The molecule has 0 nitrogen and oxygen atoms in total. The molecule has 3 aliphatic rings. The summed E-state index contributed by atoms with van der Waals surface area (Å²) in [5.74, 6) is 3.21. The quantitative estimate of drug-likeness (QED) is 0.376. The third-order valence-electron chi connectivity index (χ3n) is 8.43. The van der Waals surface area contributed by atoms with Crippen molar-refractivity contribution in [2.45, 2.75) is 44.9 Å². The van der Waals surface area contributed by atoms with Crippen molar-refractivity contribution in [2.75, 3.05) is 0 Å². The molecule has 1 heteroatoms. The van der Waals surface area contributed by atoms with Crippen LogP contribution in [-0.4, -0.2) is 0 Å². The van der Waals surface area contributed by atoms with Gasteiger partial charge in [0.1, 0.15) is 0 Å². The first-order valence-electron chi connectivity index (χ1n) is 11.6. The molecule has 1 spiro atoms. The predicted octanol–water partition coefficient (Wildman–Crippen LogP) is 8.37. The molecule has 0 aromatic heterocycles. The average Bonchev–Trinajstić information content (AvgIpc) is 3.03. The number of rotatable bonds is 1. The first-order valence-corrected chi connectivity index (χ1v) is 12.0. The van der Waals surface area contributed by atoms with Gasteiger partial charge in [0.2, 0.25) is 0 Å². The van der Waals surface area contributed by atoms with Crippen molar-refractivity contribution in [1.29, 1.82) is 0 Å². The van der Waals surface area contributed by atoms with Crippen LogP contribution in [0.1, 0.15) is 50.7 Å². The molecule has 5 atom stereocenters. The van der Waals surface area contributed by atoms with Crippen molar-refractivity contribution in [3.05, 3.63) is 82.9 Å². The van der Waals surface area contributed by atoms with Crippen molar-refractivity contribution in [3.63, 3.8) is 0 Å². The fraction of sp³-hybridized carbons (Fsp3) is 0.379. The van der Waals surface area contributed by atoms with Crippen molar-refractivity contribution < 1.29 is 0 Å². The third kappa shape index (κ3) is 2.53. The molecule has 3 aliphatic carbocycles. The summed E-state index contributed by atoms with van der Waals surface area (Å²) in [6.45, 7) is 5.01. The summed E-state index contributed by atoms with van der Waals surface area (Å²) < 4.78 is 0. The normalized spacial score (nSPS) is 31.4. The van der Waals surface area contributed by atoms with Crippen LogP contribution in [0.4, 0.5) is 0 Å². The number of hydrogen-bond donors (Lipinski definition) is 0. The molecule has 2 saturated carbocycles. The van der Waals surface area contributed by atoms with E-state index >= 15 is 0 Å². The van der Waals surface area contributed by atoms with E-state index in [1.807, 2.05) is 12.1 Å². The summed E-state index contributed by atoms with van der Waals surface area (Å²) in [6.07, 6.45) is 5.56. The van der Waals surface area contributed by atoms with Gasteiger partial charge in [-0.05, 0) is 101 Å². The first kappa shape index (κ1) is 18.7. The van der Waals surface area contributed by atoms with Crippen LogP contribution in [0, 0.1) is 23.7 Å². The Morgan fingerprint density at radius 2 is 1.53 bits per heavy atom. The van der Waals surface area contributed by atoms with Crippen LogP contribution in [0.3, 0.4) is 0 Å². The van der Waals surface area contributed by atoms with E-state index in [4.69, 9.17) is 11.6 Å². The SMILES string of the molecule is CC1CC2CC(C)C3(c4ccccc4-c4cc(-c5cccc(Cl)c5)ccc43)C(C1)C2. The van der Waals surface area contributed by atoms with E-state index in [1.54, 1.807) is 11.1 Å². The summed E-state index contributed by atoms with van der Waals surface area (Å²) in [7, 11) is 0. The van der Waals surface area contributed by atoms with Crippen molar-refractivity contribution in [2.24, 2.45) is 23.7 Å². The molecule has 0 N–H and O–H groups in total. The van der Waals surface area contributed by atoms with Crippen molar-refractivity contribution >= 4 is 11.6 Å². The molecule has 152 valence electrons. The summed E-state index contributed by atoms with van der Waals surface area (Å²) in [5.41, 5.74) is 8.73. The Balaban J connectivity index is 1.58. The molecule has 0 aliphatic heterocycles. The second-order valence-electron chi connectivity index (χ2n) is 10.2. The smallest absolute Gasteiger partial charge is 0.0412 e. The first-order chi connectivity index (χ1) is 14.6. The second-order valence-corrected chi connectivity index (χ2v) is 10.6. The van der Waals surface area contributed by atoms with Crippen LogP contribution < -0.4 is 0 Å². The predicted molar refractivity (Wildman–Crippen MR) is 127 cm³/mol. The number of halogens is 1. The van der Waals surface area contributed by atoms with Gasteiger partial charge in [-0.25, -0.2) is 0 Å². The maximum atomic E-state index is 6.30. The van der Waals surface area contributed by atoms with E-state index in [-0.39, 0.29) is 5.41 Å². The highest BCUT2D eigenvalue weighted by Crippen LogP contribution is 2.64. The molecule has 0 amide bonds. The zero-order valence-corrected chi connectivity index (χ0v) is 18.6. The topological polar surface area (TPSA) is 0 Å². The van der Waals surface area contributed by atoms with Crippen molar-refractivity contribution in [3.8, 4) is 22.3 Å². The fourth-order valence-corrected chi connectivity index (χ4v) is 7.76. The lowest BCUT2D eigenvalue weighted by Gasteiger charge is -2.54. The lowest BCUT2D eigenvalue weighted by atomic mass is 9.49. The van der Waals surface area contributed by atoms with Crippen LogP contribution in [0.5, 0.6) is 0 Å². The van der Waals surface area contributed by atoms with E-state index in [2.05, 4.69) is 68.4 Å². The Morgan fingerprint density at radius 1 is 0.733 bits per heavy atom. The molecule has 0 saturated heterocycles. The Hall–Kier alpha value is -2.05. The van der Waals surface area contributed by atoms with Gasteiger partial charge in [0.05, 0.1) is 0 Å². The molecule has 5 unspecified atom stereocenters. The maximum absolute atomic E-state index is 6.30. The second kappa shape index (κ2) is 6.72. The van der Waals surface area contributed by atoms with Gasteiger partial charge in [-0.2, -0.15) is 0 Å². The summed E-state index contributed by atoms with van der Waals surface area (Å²) in [4.78, 5) is 0. The lowest BCUT2D eigenvalue weighted by molar-refractivity contribution is 0.0426. The zero-order valence-electron chi connectivity index (χ0n) is 17.9. The average molecular weight is 413 g/mol. The maximum Gasteiger partial charge on any atom is 0.0412 e. The van der Waals surface area contributed by atoms with Gasteiger partial charge in [-0.1, -0.05) is 74.0 Å². The number of fused-ring (bicyclic) bond motifs is 8. The lowest BCUT2D eigenvalue weighted by Crippen LogP contribution is -2.49. The minimum atomic E-state index is 0.184. The van der Waals surface area contributed by atoms with Gasteiger partial charge >= 0.3 is 0 Å². The van der Waals surface area contributed by atoms with E-state index in [0.717, 1.165) is 22.8 Å². The van der Waals surface area contributed by atoms with Crippen LogP contribution in [0.25, 0.3) is 22.3 Å². The molecule has 3 aromatic rings. The van der Waals surface area contributed by atoms with Gasteiger partial charge < -0.3 is 0 Å². The summed E-state index contributed by atoms with van der Waals surface area (Å²) in [6, 6.07) is 24.7. The van der Waals surface area contributed by atoms with Gasteiger partial charge in [0, 0.05) is 10.4 Å². The Bertz CT molecular complexity index is 1120. The zero-order chi connectivity index (χ0) is 20.5. The monoisotopic (exact) mass is 412 g/mol. The van der Waals surface area contributed by atoms with E-state index in [0.29, 0.717) is 5.92 Å². The van der Waals surface area contributed by atoms with E-state index in [9.17, 15) is 0 Å². The molecule has 6 rings (SSSR count).